The van der Waals surface area contributed by atoms with Crippen LogP contribution in [-0.2, 0) is 0 Å². The number of fused-ring (bicyclic) bond motifs is 2. The maximum atomic E-state index is 12.6. The zero-order valence-electron chi connectivity index (χ0n) is 12.5. The third-order valence-electron chi connectivity index (χ3n) is 4.80. The van der Waals surface area contributed by atoms with Gasteiger partial charge in [0.05, 0.1) is 12.1 Å². The molecule has 21 heavy (non-hydrogen) atoms. The van der Waals surface area contributed by atoms with Crippen LogP contribution < -0.4 is 11.1 Å². The third kappa shape index (κ3) is 2.96. The van der Waals surface area contributed by atoms with E-state index in [1.807, 2.05) is 25.1 Å². The van der Waals surface area contributed by atoms with Gasteiger partial charge in [-0.3, -0.25) is 4.79 Å². The number of nitrogens with one attached hydrogen (secondary N) is 1. The number of nitrogens with two attached hydrogens (primary N) is 1. The fourth-order valence-corrected chi connectivity index (χ4v) is 3.77. The van der Waals surface area contributed by atoms with Crippen molar-refractivity contribution in [2.24, 2.45) is 17.6 Å². The molecule has 0 aromatic heterocycles. The van der Waals surface area contributed by atoms with Gasteiger partial charge in [-0.25, -0.2) is 0 Å². The van der Waals surface area contributed by atoms with Crippen molar-refractivity contribution in [2.75, 3.05) is 6.54 Å². The Balaban J connectivity index is 1.78. The highest BCUT2D eigenvalue weighted by Crippen LogP contribution is 2.44. The molecule has 2 aliphatic rings. The van der Waals surface area contributed by atoms with Crippen LogP contribution in [0.15, 0.2) is 18.2 Å². The molecule has 3 rings (SSSR count). The summed E-state index contributed by atoms with van der Waals surface area (Å²) >= 11 is 0. The minimum Gasteiger partial charge on any atom is -0.349 e. The first-order valence-electron chi connectivity index (χ1n) is 7.78. The van der Waals surface area contributed by atoms with Crippen molar-refractivity contribution >= 4 is 5.91 Å². The highest BCUT2D eigenvalue weighted by Gasteiger charge is 2.40. The summed E-state index contributed by atoms with van der Waals surface area (Å²) in [6, 6.07) is 6.16. The van der Waals surface area contributed by atoms with Crippen LogP contribution in [0.1, 0.15) is 47.2 Å². The van der Waals surface area contributed by atoms with E-state index in [2.05, 4.69) is 17.2 Å². The number of carbonyl (C=O) groups excluding carboxylic acids is 1. The van der Waals surface area contributed by atoms with Crippen molar-refractivity contribution in [3.8, 4) is 11.8 Å². The van der Waals surface area contributed by atoms with Crippen LogP contribution in [0.25, 0.3) is 0 Å². The van der Waals surface area contributed by atoms with Gasteiger partial charge in [0.25, 0.3) is 5.91 Å². The minimum atomic E-state index is 0.0116. The molecule has 3 heteroatoms. The van der Waals surface area contributed by atoms with Gasteiger partial charge in [0.1, 0.15) is 0 Å². The van der Waals surface area contributed by atoms with Gasteiger partial charge in [0, 0.05) is 11.6 Å². The summed E-state index contributed by atoms with van der Waals surface area (Å²) in [5.74, 6) is 7.36. The third-order valence-corrected chi connectivity index (χ3v) is 4.80. The van der Waals surface area contributed by atoms with E-state index in [9.17, 15) is 4.79 Å². The Morgan fingerprint density at radius 1 is 1.38 bits per heavy atom. The number of amides is 1. The molecule has 2 saturated carbocycles. The molecule has 0 radical (unpaired) electrons. The molecule has 110 valence electrons. The molecule has 3 atom stereocenters. The fourth-order valence-electron chi connectivity index (χ4n) is 3.77. The molecule has 2 bridgehead atoms. The molecule has 3 unspecified atom stereocenters. The maximum absolute atomic E-state index is 12.6. The van der Waals surface area contributed by atoms with E-state index in [4.69, 9.17) is 5.73 Å². The number of rotatable bonds is 2. The zero-order valence-corrected chi connectivity index (χ0v) is 12.5. The van der Waals surface area contributed by atoms with Gasteiger partial charge >= 0.3 is 0 Å². The summed E-state index contributed by atoms with van der Waals surface area (Å²) in [7, 11) is 0. The lowest BCUT2D eigenvalue weighted by atomic mass is 9.94. The predicted octanol–water partition coefficient (Wildman–Crippen LogP) is 2.22. The topological polar surface area (TPSA) is 55.1 Å². The van der Waals surface area contributed by atoms with Crippen LogP contribution in [0, 0.1) is 30.6 Å². The standard InChI is InChI=1S/C18H22N2O/c1-12-4-6-14(3-2-8-19)16(9-12)18(21)20-17-11-13-5-7-15(17)10-13/h4,6,9,13,15,17H,5,7-8,10-11,19H2,1H3,(H,20,21). The number of benzene rings is 1. The van der Waals surface area contributed by atoms with Crippen LogP contribution >= 0.6 is 0 Å². The monoisotopic (exact) mass is 282 g/mol. The lowest BCUT2D eigenvalue weighted by Crippen LogP contribution is -2.38. The molecule has 2 aliphatic carbocycles. The molecule has 3 N–H and O–H groups in total. The molecule has 3 nitrogen and oxygen atoms in total. The van der Waals surface area contributed by atoms with Crippen LogP contribution in [0.4, 0.5) is 0 Å². The van der Waals surface area contributed by atoms with Crippen molar-refractivity contribution < 1.29 is 4.79 Å². The number of carbonyl (C=O) groups is 1. The van der Waals surface area contributed by atoms with E-state index in [-0.39, 0.29) is 5.91 Å². The average molecular weight is 282 g/mol. The van der Waals surface area contributed by atoms with E-state index in [1.165, 1.54) is 19.3 Å². The largest absolute Gasteiger partial charge is 0.349 e. The van der Waals surface area contributed by atoms with Gasteiger partial charge < -0.3 is 11.1 Å². The second kappa shape index (κ2) is 5.91. The molecule has 2 fully saturated rings. The molecule has 1 aromatic rings. The number of hydrogen-bond acceptors (Lipinski definition) is 2. The first-order chi connectivity index (χ1) is 10.2. The minimum absolute atomic E-state index is 0.0116. The summed E-state index contributed by atoms with van der Waals surface area (Å²) in [5, 5.41) is 3.23. The summed E-state index contributed by atoms with van der Waals surface area (Å²) in [5.41, 5.74) is 7.96. The van der Waals surface area contributed by atoms with Gasteiger partial charge in [0.15, 0.2) is 0 Å². The fraction of sp³-hybridized carbons (Fsp3) is 0.500. The lowest BCUT2D eigenvalue weighted by molar-refractivity contribution is 0.0922. The lowest BCUT2D eigenvalue weighted by Gasteiger charge is -2.23. The summed E-state index contributed by atoms with van der Waals surface area (Å²) in [6.45, 7) is 2.30. The molecular formula is C18H22N2O. The van der Waals surface area contributed by atoms with Crippen LogP contribution in [-0.4, -0.2) is 18.5 Å². The first-order valence-corrected chi connectivity index (χ1v) is 7.78. The Hall–Kier alpha value is -1.79. The average Bonchev–Trinajstić information content (AvgIpc) is 3.08. The zero-order chi connectivity index (χ0) is 14.8. The molecule has 0 saturated heterocycles. The van der Waals surface area contributed by atoms with E-state index in [1.54, 1.807) is 0 Å². The highest BCUT2D eigenvalue weighted by molar-refractivity contribution is 5.97. The Labute approximate surface area is 126 Å². The van der Waals surface area contributed by atoms with Gasteiger partial charge in [-0.2, -0.15) is 0 Å². The SMILES string of the molecule is Cc1ccc(C#CCN)c(C(=O)NC2CC3CCC2C3)c1. The Morgan fingerprint density at radius 3 is 2.90 bits per heavy atom. The molecular weight excluding hydrogens is 260 g/mol. The number of aryl methyl sites for hydroxylation is 1. The molecule has 1 amide bonds. The van der Waals surface area contributed by atoms with Gasteiger partial charge in [-0.05, 0) is 50.2 Å². The second-order valence-electron chi connectivity index (χ2n) is 6.31. The smallest absolute Gasteiger partial charge is 0.252 e. The van der Waals surface area contributed by atoms with Crippen molar-refractivity contribution in [2.45, 2.75) is 38.6 Å². The van der Waals surface area contributed by atoms with Crippen molar-refractivity contribution in [1.82, 2.24) is 5.32 Å². The van der Waals surface area contributed by atoms with Gasteiger partial charge in [-0.1, -0.05) is 29.9 Å². The summed E-state index contributed by atoms with van der Waals surface area (Å²) < 4.78 is 0. The van der Waals surface area contributed by atoms with E-state index >= 15 is 0 Å². The quantitative estimate of drug-likeness (QED) is 0.817. The molecule has 1 aromatic carbocycles. The highest BCUT2D eigenvalue weighted by atomic mass is 16.1. The molecule has 0 aliphatic heterocycles. The van der Waals surface area contributed by atoms with Gasteiger partial charge in [-0.15, -0.1) is 0 Å². The van der Waals surface area contributed by atoms with Crippen molar-refractivity contribution in [3.63, 3.8) is 0 Å². The Bertz CT molecular complexity index is 611. The van der Waals surface area contributed by atoms with Crippen molar-refractivity contribution in [3.05, 3.63) is 34.9 Å². The summed E-state index contributed by atoms with van der Waals surface area (Å²) in [4.78, 5) is 12.6. The molecule has 0 spiro atoms. The van der Waals surface area contributed by atoms with E-state index in [0.717, 1.165) is 23.5 Å². The van der Waals surface area contributed by atoms with Crippen LogP contribution in [0.2, 0.25) is 0 Å². The Kier molecular flexibility index (Phi) is 3.98. The molecule has 0 heterocycles. The predicted molar refractivity (Wildman–Crippen MR) is 83.8 cm³/mol. The van der Waals surface area contributed by atoms with Gasteiger partial charge in [0.2, 0.25) is 0 Å². The summed E-state index contributed by atoms with van der Waals surface area (Å²) in [6.07, 6.45) is 5.04. The van der Waals surface area contributed by atoms with E-state index in [0.29, 0.717) is 24.1 Å². The second-order valence-corrected chi connectivity index (χ2v) is 6.31. The Morgan fingerprint density at radius 2 is 2.24 bits per heavy atom. The first kappa shape index (κ1) is 14.2. The van der Waals surface area contributed by atoms with Crippen LogP contribution in [0.5, 0.6) is 0 Å². The number of hydrogen-bond donors (Lipinski definition) is 2. The van der Waals surface area contributed by atoms with Crippen molar-refractivity contribution in [1.29, 1.82) is 0 Å². The van der Waals surface area contributed by atoms with E-state index < -0.39 is 0 Å². The maximum Gasteiger partial charge on any atom is 0.252 e. The van der Waals surface area contributed by atoms with Crippen LogP contribution in [0.3, 0.4) is 0 Å². The normalized spacial score (nSPS) is 26.3.